The van der Waals surface area contributed by atoms with Crippen LogP contribution in [0.3, 0.4) is 0 Å². The van der Waals surface area contributed by atoms with Gasteiger partial charge in [0.25, 0.3) is 0 Å². The second-order valence-corrected chi connectivity index (χ2v) is 8.58. The molecule has 0 radical (unpaired) electrons. The predicted molar refractivity (Wildman–Crippen MR) is 101 cm³/mol. The summed E-state index contributed by atoms with van der Waals surface area (Å²) in [6, 6.07) is 6.69. The number of rotatable bonds is 4. The lowest BCUT2D eigenvalue weighted by Crippen LogP contribution is -2.54. The van der Waals surface area contributed by atoms with Crippen molar-refractivity contribution in [3.8, 4) is 11.5 Å². The second kappa shape index (κ2) is 6.95. The number of nitrogens with zero attached hydrogens (tertiary/aromatic N) is 4. The summed E-state index contributed by atoms with van der Waals surface area (Å²) in [5.41, 5.74) is 0.792. The van der Waals surface area contributed by atoms with E-state index in [1.165, 1.54) is 18.6 Å². The maximum absolute atomic E-state index is 13.4. The number of carbonyl (C=O) groups is 1. The number of halogens is 1. The van der Waals surface area contributed by atoms with Crippen LogP contribution in [-0.4, -0.2) is 51.6 Å². The Bertz CT molecular complexity index is 881. The average Bonchev–Trinajstić information content (AvgIpc) is 3.43. The lowest BCUT2D eigenvalue weighted by Gasteiger charge is -2.48. The van der Waals surface area contributed by atoms with Gasteiger partial charge in [-0.1, -0.05) is 6.07 Å². The molecule has 2 saturated heterocycles. The minimum Gasteiger partial charge on any atom is -0.419 e. The SMILES string of the molecule is O=C1CC[C@@]2(CCCN(Cc3nnc(-c4cccc(F)c4)o3)C2)CN1C1CC1. The molecule has 1 saturated carbocycles. The van der Waals surface area contributed by atoms with Crippen molar-refractivity contribution in [1.82, 2.24) is 20.0 Å². The second-order valence-electron chi connectivity index (χ2n) is 8.58. The van der Waals surface area contributed by atoms with E-state index < -0.39 is 0 Å². The number of amides is 1. The van der Waals surface area contributed by atoms with Gasteiger partial charge in [-0.25, -0.2) is 4.39 Å². The summed E-state index contributed by atoms with van der Waals surface area (Å²) >= 11 is 0. The molecule has 2 aliphatic heterocycles. The van der Waals surface area contributed by atoms with Gasteiger partial charge in [0.05, 0.1) is 6.54 Å². The standard InChI is InChI=1S/C21H25FN4O2/c22-16-4-1-3-15(11-16)20-24-23-18(28-20)12-25-10-2-8-21(13-25)9-7-19(27)26(14-21)17-5-6-17/h1,3-4,11,17H,2,5-10,12-14H2/t21-/m1/s1. The smallest absolute Gasteiger partial charge is 0.247 e. The lowest BCUT2D eigenvalue weighted by molar-refractivity contribution is -0.140. The Balaban J connectivity index is 1.27. The Hall–Kier alpha value is -2.28. The van der Waals surface area contributed by atoms with Gasteiger partial charge in [0.2, 0.25) is 17.7 Å². The molecule has 6 nitrogen and oxygen atoms in total. The van der Waals surface area contributed by atoms with Gasteiger partial charge in [0.15, 0.2) is 0 Å². The van der Waals surface area contributed by atoms with Gasteiger partial charge in [-0.15, -0.1) is 10.2 Å². The molecular weight excluding hydrogens is 359 g/mol. The molecule has 0 unspecified atom stereocenters. The van der Waals surface area contributed by atoms with Crippen LogP contribution in [0.15, 0.2) is 28.7 Å². The molecule has 3 fully saturated rings. The minimum atomic E-state index is -0.317. The van der Waals surface area contributed by atoms with Crippen LogP contribution in [0.25, 0.3) is 11.5 Å². The zero-order chi connectivity index (χ0) is 19.1. The molecule has 7 heteroatoms. The molecule has 3 heterocycles. The zero-order valence-corrected chi connectivity index (χ0v) is 15.9. The molecule has 1 amide bonds. The molecule has 1 aliphatic carbocycles. The van der Waals surface area contributed by atoms with Crippen molar-refractivity contribution in [2.45, 2.75) is 51.1 Å². The molecule has 0 bridgehead atoms. The van der Waals surface area contributed by atoms with E-state index in [2.05, 4.69) is 20.0 Å². The summed E-state index contributed by atoms with van der Waals surface area (Å²) < 4.78 is 19.2. The van der Waals surface area contributed by atoms with Crippen molar-refractivity contribution < 1.29 is 13.6 Å². The molecule has 3 aliphatic rings. The molecule has 0 N–H and O–H groups in total. The van der Waals surface area contributed by atoms with Crippen molar-refractivity contribution in [3.05, 3.63) is 36.0 Å². The monoisotopic (exact) mass is 384 g/mol. The first-order valence-corrected chi connectivity index (χ1v) is 10.2. The van der Waals surface area contributed by atoms with Crippen LogP contribution in [0.1, 0.15) is 44.4 Å². The van der Waals surface area contributed by atoms with Gasteiger partial charge < -0.3 is 9.32 Å². The fraction of sp³-hybridized carbons (Fsp3) is 0.571. The van der Waals surface area contributed by atoms with E-state index >= 15 is 0 Å². The number of aromatic nitrogens is 2. The highest BCUT2D eigenvalue weighted by atomic mass is 19.1. The van der Waals surface area contributed by atoms with E-state index in [0.717, 1.165) is 45.3 Å². The van der Waals surface area contributed by atoms with Crippen LogP contribution in [-0.2, 0) is 11.3 Å². The zero-order valence-electron chi connectivity index (χ0n) is 15.9. The van der Waals surface area contributed by atoms with Crippen molar-refractivity contribution in [2.75, 3.05) is 19.6 Å². The number of likely N-dealkylation sites (tertiary alicyclic amines) is 2. The molecule has 1 atom stereocenters. The fourth-order valence-electron chi connectivity index (χ4n) is 4.79. The third-order valence-corrected chi connectivity index (χ3v) is 6.32. The highest BCUT2D eigenvalue weighted by Gasteiger charge is 2.45. The Morgan fingerprint density at radius 1 is 1.21 bits per heavy atom. The van der Waals surface area contributed by atoms with Gasteiger partial charge in [-0.3, -0.25) is 9.69 Å². The van der Waals surface area contributed by atoms with E-state index in [1.807, 2.05) is 0 Å². The van der Waals surface area contributed by atoms with Crippen LogP contribution in [0.2, 0.25) is 0 Å². The topological polar surface area (TPSA) is 62.5 Å². The number of carbonyl (C=O) groups excluding carboxylic acids is 1. The van der Waals surface area contributed by atoms with E-state index in [9.17, 15) is 9.18 Å². The number of hydrogen-bond donors (Lipinski definition) is 0. The number of benzene rings is 1. The van der Waals surface area contributed by atoms with Gasteiger partial charge in [0.1, 0.15) is 5.82 Å². The van der Waals surface area contributed by atoms with Gasteiger partial charge in [-0.05, 0) is 56.8 Å². The van der Waals surface area contributed by atoms with Gasteiger partial charge in [-0.2, -0.15) is 0 Å². The molecule has 1 aromatic carbocycles. The van der Waals surface area contributed by atoms with Crippen LogP contribution in [0.5, 0.6) is 0 Å². The normalized spacial score (nSPS) is 26.2. The number of hydrogen-bond acceptors (Lipinski definition) is 5. The average molecular weight is 384 g/mol. The van der Waals surface area contributed by atoms with Crippen LogP contribution in [0.4, 0.5) is 4.39 Å². The molecular formula is C21H25FN4O2. The molecule has 1 spiro atoms. The van der Waals surface area contributed by atoms with E-state index in [0.29, 0.717) is 42.3 Å². The van der Waals surface area contributed by atoms with Crippen molar-refractivity contribution >= 4 is 5.91 Å². The maximum atomic E-state index is 13.4. The quantitative estimate of drug-likeness (QED) is 0.810. The van der Waals surface area contributed by atoms with Gasteiger partial charge >= 0.3 is 0 Å². The molecule has 1 aromatic heterocycles. The summed E-state index contributed by atoms with van der Waals surface area (Å²) in [7, 11) is 0. The van der Waals surface area contributed by atoms with Crippen LogP contribution in [0, 0.1) is 11.2 Å². The first kappa shape index (κ1) is 17.8. The first-order valence-electron chi connectivity index (χ1n) is 10.2. The summed E-state index contributed by atoms with van der Waals surface area (Å²) in [5, 5.41) is 8.26. The van der Waals surface area contributed by atoms with Crippen LogP contribution >= 0.6 is 0 Å². The Morgan fingerprint density at radius 2 is 2.11 bits per heavy atom. The lowest BCUT2D eigenvalue weighted by atomic mass is 9.73. The van der Waals surface area contributed by atoms with E-state index in [-0.39, 0.29) is 11.2 Å². The van der Waals surface area contributed by atoms with E-state index in [1.54, 1.807) is 12.1 Å². The largest absolute Gasteiger partial charge is 0.419 e. The first-order chi connectivity index (χ1) is 13.6. The highest BCUT2D eigenvalue weighted by molar-refractivity contribution is 5.78. The highest BCUT2D eigenvalue weighted by Crippen LogP contribution is 2.42. The summed E-state index contributed by atoms with van der Waals surface area (Å²) in [6.07, 6.45) is 6.28. The Kier molecular flexibility index (Phi) is 4.42. The van der Waals surface area contributed by atoms with Crippen molar-refractivity contribution in [2.24, 2.45) is 5.41 Å². The molecule has 5 rings (SSSR count). The third-order valence-electron chi connectivity index (χ3n) is 6.32. The number of piperidine rings is 2. The predicted octanol–water partition coefficient (Wildman–Crippen LogP) is 3.24. The van der Waals surface area contributed by atoms with E-state index in [4.69, 9.17) is 4.42 Å². The fourth-order valence-corrected chi connectivity index (χ4v) is 4.79. The van der Waals surface area contributed by atoms with Gasteiger partial charge in [0, 0.05) is 36.5 Å². The summed E-state index contributed by atoms with van der Waals surface area (Å²) in [6.45, 7) is 3.45. The summed E-state index contributed by atoms with van der Waals surface area (Å²) in [4.78, 5) is 16.8. The van der Waals surface area contributed by atoms with Crippen molar-refractivity contribution in [3.63, 3.8) is 0 Å². The maximum Gasteiger partial charge on any atom is 0.247 e. The van der Waals surface area contributed by atoms with Crippen molar-refractivity contribution in [1.29, 1.82) is 0 Å². The molecule has 28 heavy (non-hydrogen) atoms. The third kappa shape index (κ3) is 3.55. The Morgan fingerprint density at radius 3 is 2.93 bits per heavy atom. The molecule has 2 aromatic rings. The molecule has 148 valence electrons. The minimum absolute atomic E-state index is 0.195. The summed E-state index contributed by atoms with van der Waals surface area (Å²) in [5.74, 6) is 0.927. The Labute approximate surface area is 163 Å². The van der Waals surface area contributed by atoms with Crippen LogP contribution < -0.4 is 0 Å².